The van der Waals surface area contributed by atoms with Crippen molar-refractivity contribution in [3.05, 3.63) is 0 Å². The standard InChI is InChI=1S/C5H11NO5S/c1-2-4(12(9,10)11)6-3-5(7)8/h4,6H,2-3H2,1H3,(H,7,8)(H,9,10,11). The van der Waals surface area contributed by atoms with Crippen LogP contribution in [0.2, 0.25) is 0 Å². The van der Waals surface area contributed by atoms with Gasteiger partial charge in [-0.25, -0.2) is 0 Å². The molecule has 0 rings (SSSR count). The highest BCUT2D eigenvalue weighted by Crippen LogP contribution is 1.98. The molecule has 0 amide bonds. The van der Waals surface area contributed by atoms with Gasteiger partial charge in [-0.05, 0) is 6.42 Å². The normalized spacial score (nSPS) is 14.2. The van der Waals surface area contributed by atoms with Gasteiger partial charge < -0.3 is 5.11 Å². The Labute approximate surface area is 70.3 Å². The molecular formula is C5H11NO5S. The number of aliphatic carboxylic acids is 1. The summed E-state index contributed by atoms with van der Waals surface area (Å²) in [6, 6.07) is 0. The molecule has 0 fully saturated rings. The summed E-state index contributed by atoms with van der Waals surface area (Å²) in [5, 5.41) is 9.16. The van der Waals surface area contributed by atoms with E-state index in [1.807, 2.05) is 0 Å². The number of carboxylic acid groups (broad SMARTS) is 1. The van der Waals surface area contributed by atoms with Crippen LogP contribution in [0.25, 0.3) is 0 Å². The third kappa shape index (κ3) is 4.27. The van der Waals surface area contributed by atoms with E-state index in [2.05, 4.69) is 5.32 Å². The molecule has 72 valence electrons. The molecule has 0 aromatic rings. The smallest absolute Gasteiger partial charge is 0.317 e. The monoisotopic (exact) mass is 197 g/mol. The van der Waals surface area contributed by atoms with Crippen LogP contribution >= 0.6 is 0 Å². The van der Waals surface area contributed by atoms with Crippen LogP contribution in [0.15, 0.2) is 0 Å². The van der Waals surface area contributed by atoms with Crippen LogP contribution in [-0.4, -0.2) is 36.0 Å². The van der Waals surface area contributed by atoms with Gasteiger partial charge in [0.15, 0.2) is 0 Å². The predicted octanol–water partition coefficient (Wildman–Crippen LogP) is -0.715. The molecule has 1 atom stereocenters. The van der Waals surface area contributed by atoms with Gasteiger partial charge in [0.05, 0.1) is 6.54 Å². The molecule has 0 aliphatic heterocycles. The fourth-order valence-electron chi connectivity index (χ4n) is 0.661. The van der Waals surface area contributed by atoms with E-state index in [0.717, 1.165) is 0 Å². The Balaban J connectivity index is 4.11. The first kappa shape index (κ1) is 11.3. The number of rotatable bonds is 5. The van der Waals surface area contributed by atoms with Crippen molar-refractivity contribution in [3.8, 4) is 0 Å². The summed E-state index contributed by atoms with van der Waals surface area (Å²) < 4.78 is 29.5. The van der Waals surface area contributed by atoms with Crippen LogP contribution < -0.4 is 5.32 Å². The third-order valence-electron chi connectivity index (χ3n) is 1.21. The Morgan fingerprint density at radius 3 is 2.33 bits per heavy atom. The summed E-state index contributed by atoms with van der Waals surface area (Å²) in [5.41, 5.74) is 0. The van der Waals surface area contributed by atoms with E-state index in [4.69, 9.17) is 9.66 Å². The first-order chi connectivity index (χ1) is 5.38. The number of nitrogens with one attached hydrogen (secondary N) is 1. The predicted molar refractivity (Wildman–Crippen MR) is 41.3 cm³/mol. The SMILES string of the molecule is CCC(NCC(=O)O)S(=O)(=O)O. The van der Waals surface area contributed by atoms with Gasteiger partial charge in [-0.1, -0.05) is 6.92 Å². The van der Waals surface area contributed by atoms with Gasteiger partial charge in [-0.15, -0.1) is 0 Å². The van der Waals surface area contributed by atoms with E-state index in [1.165, 1.54) is 6.92 Å². The summed E-state index contributed by atoms with van der Waals surface area (Å²) in [7, 11) is -4.19. The lowest BCUT2D eigenvalue weighted by Gasteiger charge is -2.10. The van der Waals surface area contributed by atoms with Crippen LogP contribution in [-0.2, 0) is 14.9 Å². The van der Waals surface area contributed by atoms with Gasteiger partial charge in [0.25, 0.3) is 10.1 Å². The van der Waals surface area contributed by atoms with Gasteiger partial charge >= 0.3 is 5.97 Å². The van der Waals surface area contributed by atoms with Crippen molar-refractivity contribution in [3.63, 3.8) is 0 Å². The summed E-state index contributed by atoms with van der Waals surface area (Å²) in [5.74, 6) is -1.17. The molecule has 6 nitrogen and oxygen atoms in total. The molecule has 7 heteroatoms. The summed E-state index contributed by atoms with van der Waals surface area (Å²) >= 11 is 0. The minimum atomic E-state index is -4.19. The van der Waals surface area contributed by atoms with Gasteiger partial charge in [-0.3, -0.25) is 14.7 Å². The van der Waals surface area contributed by atoms with E-state index in [9.17, 15) is 13.2 Å². The maximum absolute atomic E-state index is 10.5. The molecule has 0 bridgehead atoms. The lowest BCUT2D eigenvalue weighted by Crippen LogP contribution is -2.38. The van der Waals surface area contributed by atoms with Crippen molar-refractivity contribution in [1.82, 2.24) is 5.32 Å². The van der Waals surface area contributed by atoms with E-state index in [-0.39, 0.29) is 6.42 Å². The molecule has 0 heterocycles. The number of carboxylic acids is 1. The van der Waals surface area contributed by atoms with Gasteiger partial charge in [-0.2, -0.15) is 8.42 Å². The lowest BCUT2D eigenvalue weighted by atomic mass is 10.4. The van der Waals surface area contributed by atoms with E-state index >= 15 is 0 Å². The first-order valence-corrected chi connectivity index (χ1v) is 4.79. The van der Waals surface area contributed by atoms with Crippen molar-refractivity contribution in [2.24, 2.45) is 0 Å². The van der Waals surface area contributed by atoms with Crippen molar-refractivity contribution in [2.45, 2.75) is 18.7 Å². The molecule has 12 heavy (non-hydrogen) atoms. The van der Waals surface area contributed by atoms with E-state index < -0.39 is 28.0 Å². The Hall–Kier alpha value is -0.660. The average molecular weight is 197 g/mol. The Kier molecular flexibility index (Phi) is 4.15. The fourth-order valence-corrected chi connectivity index (χ4v) is 1.38. The average Bonchev–Trinajstić information content (AvgIpc) is 1.85. The van der Waals surface area contributed by atoms with Crippen LogP contribution in [0.1, 0.15) is 13.3 Å². The minimum absolute atomic E-state index is 0.117. The maximum atomic E-state index is 10.5. The van der Waals surface area contributed by atoms with E-state index in [0.29, 0.717) is 0 Å². The quantitative estimate of drug-likeness (QED) is 0.503. The topological polar surface area (TPSA) is 104 Å². The molecule has 0 radical (unpaired) electrons. The molecule has 0 saturated carbocycles. The van der Waals surface area contributed by atoms with Crippen molar-refractivity contribution < 1.29 is 22.9 Å². The molecule has 0 aliphatic carbocycles. The van der Waals surface area contributed by atoms with Crippen molar-refractivity contribution in [1.29, 1.82) is 0 Å². The summed E-state index contributed by atoms with van der Waals surface area (Å²) in [4.78, 5) is 10.0. The molecular weight excluding hydrogens is 186 g/mol. The van der Waals surface area contributed by atoms with Crippen molar-refractivity contribution >= 4 is 16.1 Å². The minimum Gasteiger partial charge on any atom is -0.480 e. The second kappa shape index (κ2) is 4.39. The molecule has 1 unspecified atom stereocenters. The van der Waals surface area contributed by atoms with E-state index in [1.54, 1.807) is 0 Å². The molecule has 0 spiro atoms. The Bertz CT molecular complexity index is 247. The number of carbonyl (C=O) groups is 1. The number of hydrogen-bond acceptors (Lipinski definition) is 4. The van der Waals surface area contributed by atoms with Gasteiger partial charge in [0.2, 0.25) is 0 Å². The lowest BCUT2D eigenvalue weighted by molar-refractivity contribution is -0.136. The van der Waals surface area contributed by atoms with Gasteiger partial charge in [0, 0.05) is 0 Å². The second-order valence-electron chi connectivity index (χ2n) is 2.19. The highest BCUT2D eigenvalue weighted by molar-refractivity contribution is 7.86. The fraction of sp³-hybridized carbons (Fsp3) is 0.800. The Morgan fingerprint density at radius 1 is 1.58 bits per heavy atom. The maximum Gasteiger partial charge on any atom is 0.317 e. The molecule has 3 N–H and O–H groups in total. The molecule has 0 saturated heterocycles. The molecule has 0 aromatic heterocycles. The Morgan fingerprint density at radius 2 is 2.08 bits per heavy atom. The number of hydrogen-bond donors (Lipinski definition) is 3. The second-order valence-corrected chi connectivity index (χ2v) is 3.79. The summed E-state index contributed by atoms with van der Waals surface area (Å²) in [6.07, 6.45) is 0.117. The third-order valence-corrected chi connectivity index (χ3v) is 2.43. The first-order valence-electron chi connectivity index (χ1n) is 3.29. The zero-order chi connectivity index (χ0) is 9.78. The molecule has 0 aliphatic rings. The van der Waals surface area contributed by atoms with Gasteiger partial charge in [0.1, 0.15) is 5.37 Å². The zero-order valence-corrected chi connectivity index (χ0v) is 7.34. The van der Waals surface area contributed by atoms with Crippen LogP contribution in [0, 0.1) is 0 Å². The van der Waals surface area contributed by atoms with Crippen LogP contribution in [0.5, 0.6) is 0 Å². The van der Waals surface area contributed by atoms with Crippen molar-refractivity contribution in [2.75, 3.05) is 6.54 Å². The highest BCUT2D eigenvalue weighted by atomic mass is 32.2. The summed E-state index contributed by atoms with van der Waals surface area (Å²) in [6.45, 7) is 1.03. The zero-order valence-electron chi connectivity index (χ0n) is 6.52. The highest BCUT2D eigenvalue weighted by Gasteiger charge is 2.20. The van der Waals surface area contributed by atoms with Crippen LogP contribution in [0.3, 0.4) is 0 Å². The largest absolute Gasteiger partial charge is 0.480 e. The molecule has 0 aromatic carbocycles. The van der Waals surface area contributed by atoms with Crippen LogP contribution in [0.4, 0.5) is 0 Å².